The van der Waals surface area contributed by atoms with Crippen LogP contribution in [0.15, 0.2) is 36.4 Å². The Kier molecular flexibility index (Phi) is 6.89. The molecule has 0 heterocycles. The number of phenols is 1. The average molecular weight is 395 g/mol. The van der Waals surface area contributed by atoms with E-state index >= 15 is 0 Å². The van der Waals surface area contributed by atoms with Gasteiger partial charge < -0.3 is 15.3 Å². The van der Waals surface area contributed by atoms with Crippen molar-refractivity contribution in [3.63, 3.8) is 0 Å². The van der Waals surface area contributed by atoms with Crippen molar-refractivity contribution >= 4 is 40.7 Å². The van der Waals surface area contributed by atoms with Crippen molar-refractivity contribution in [2.75, 3.05) is 18.4 Å². The Balaban J connectivity index is 2.15. The van der Waals surface area contributed by atoms with Crippen LogP contribution in [-0.4, -0.2) is 34.9 Å². The van der Waals surface area contributed by atoms with Gasteiger partial charge in [-0.2, -0.15) is 0 Å². The summed E-state index contributed by atoms with van der Waals surface area (Å²) in [6.45, 7) is 3.97. The van der Waals surface area contributed by atoms with Gasteiger partial charge in [-0.1, -0.05) is 41.8 Å². The summed E-state index contributed by atoms with van der Waals surface area (Å²) < 4.78 is 0. The Labute approximate surface area is 162 Å². The smallest absolute Gasteiger partial charge is 0.258 e. The van der Waals surface area contributed by atoms with E-state index in [0.717, 1.165) is 5.56 Å². The number of rotatable bonds is 6. The topological polar surface area (TPSA) is 69.6 Å². The molecule has 2 aromatic carbocycles. The van der Waals surface area contributed by atoms with Crippen LogP contribution in [0.2, 0.25) is 10.0 Å². The number of hydrogen-bond donors (Lipinski definition) is 2. The third-order valence-electron chi connectivity index (χ3n) is 3.70. The Hall–Kier alpha value is -2.24. The molecule has 2 aromatic rings. The summed E-state index contributed by atoms with van der Waals surface area (Å²) >= 11 is 11.9. The van der Waals surface area contributed by atoms with Gasteiger partial charge in [-0.25, -0.2) is 0 Å². The van der Waals surface area contributed by atoms with E-state index in [0.29, 0.717) is 28.7 Å². The molecule has 0 aliphatic heterocycles. The molecular formula is C19H20Cl2N2O3. The SMILES string of the molecule is CCCN(CC(=O)Nc1ccc(Cl)cc1Cl)C(=O)c1cc(C)ccc1O. The second-order valence-electron chi connectivity index (χ2n) is 5.92. The number of nitrogens with one attached hydrogen (secondary N) is 1. The quantitative estimate of drug-likeness (QED) is 0.757. The first-order valence-electron chi connectivity index (χ1n) is 8.15. The van der Waals surface area contributed by atoms with Gasteiger partial charge in [0.25, 0.3) is 5.91 Å². The molecule has 0 aromatic heterocycles. The first-order chi connectivity index (χ1) is 12.3. The Morgan fingerprint density at radius 3 is 2.54 bits per heavy atom. The summed E-state index contributed by atoms with van der Waals surface area (Å²) in [6, 6.07) is 9.53. The van der Waals surface area contributed by atoms with Crippen LogP contribution < -0.4 is 5.32 Å². The van der Waals surface area contributed by atoms with E-state index in [1.54, 1.807) is 24.3 Å². The molecule has 138 valence electrons. The summed E-state index contributed by atoms with van der Waals surface area (Å²) in [7, 11) is 0. The summed E-state index contributed by atoms with van der Waals surface area (Å²) in [5.41, 5.74) is 1.44. The van der Waals surface area contributed by atoms with Gasteiger partial charge >= 0.3 is 0 Å². The third-order valence-corrected chi connectivity index (χ3v) is 4.25. The number of hydrogen-bond acceptors (Lipinski definition) is 3. The highest BCUT2D eigenvalue weighted by molar-refractivity contribution is 6.36. The fraction of sp³-hybridized carbons (Fsp3) is 0.263. The number of amides is 2. The molecule has 0 atom stereocenters. The van der Waals surface area contributed by atoms with E-state index in [-0.39, 0.29) is 23.8 Å². The molecule has 0 unspecified atom stereocenters. The molecule has 2 N–H and O–H groups in total. The van der Waals surface area contributed by atoms with E-state index in [1.807, 2.05) is 13.8 Å². The second kappa shape index (κ2) is 8.92. The highest BCUT2D eigenvalue weighted by atomic mass is 35.5. The number of phenolic OH excluding ortho intramolecular Hbond substituents is 1. The van der Waals surface area contributed by atoms with Gasteiger partial charge in [0.15, 0.2) is 0 Å². The lowest BCUT2D eigenvalue weighted by Crippen LogP contribution is -2.38. The van der Waals surface area contributed by atoms with Crippen molar-refractivity contribution in [1.29, 1.82) is 0 Å². The molecule has 0 saturated heterocycles. The predicted molar refractivity (Wildman–Crippen MR) is 104 cm³/mol. The molecule has 0 aliphatic rings. The number of nitrogens with zero attached hydrogens (tertiary/aromatic N) is 1. The lowest BCUT2D eigenvalue weighted by molar-refractivity contribution is -0.116. The van der Waals surface area contributed by atoms with Crippen molar-refractivity contribution in [3.05, 3.63) is 57.6 Å². The normalized spacial score (nSPS) is 10.5. The van der Waals surface area contributed by atoms with Crippen molar-refractivity contribution < 1.29 is 14.7 Å². The number of anilines is 1. The molecule has 0 bridgehead atoms. The van der Waals surface area contributed by atoms with E-state index in [9.17, 15) is 14.7 Å². The monoisotopic (exact) mass is 394 g/mol. The van der Waals surface area contributed by atoms with Gasteiger partial charge in [-0.15, -0.1) is 0 Å². The fourth-order valence-corrected chi connectivity index (χ4v) is 2.92. The first-order valence-corrected chi connectivity index (χ1v) is 8.91. The van der Waals surface area contributed by atoms with Gasteiger partial charge in [0, 0.05) is 11.6 Å². The van der Waals surface area contributed by atoms with Crippen molar-refractivity contribution in [2.45, 2.75) is 20.3 Å². The molecule has 0 saturated carbocycles. The van der Waals surface area contributed by atoms with Gasteiger partial charge in [0.1, 0.15) is 12.3 Å². The lowest BCUT2D eigenvalue weighted by atomic mass is 10.1. The van der Waals surface area contributed by atoms with Crippen LogP contribution in [0.25, 0.3) is 0 Å². The van der Waals surface area contributed by atoms with Crippen LogP contribution in [0, 0.1) is 6.92 Å². The minimum atomic E-state index is -0.398. The molecule has 26 heavy (non-hydrogen) atoms. The zero-order valence-corrected chi connectivity index (χ0v) is 16.1. The second-order valence-corrected chi connectivity index (χ2v) is 6.76. The van der Waals surface area contributed by atoms with Crippen LogP contribution in [-0.2, 0) is 4.79 Å². The molecule has 0 radical (unpaired) electrons. The van der Waals surface area contributed by atoms with E-state index in [1.165, 1.54) is 17.0 Å². The minimum Gasteiger partial charge on any atom is -0.507 e. The minimum absolute atomic E-state index is 0.108. The third kappa shape index (κ3) is 5.13. The van der Waals surface area contributed by atoms with E-state index < -0.39 is 5.91 Å². The van der Waals surface area contributed by atoms with E-state index in [4.69, 9.17) is 23.2 Å². The summed E-state index contributed by atoms with van der Waals surface area (Å²) in [6.07, 6.45) is 0.674. The molecule has 2 rings (SSSR count). The van der Waals surface area contributed by atoms with Crippen molar-refractivity contribution in [1.82, 2.24) is 4.90 Å². The van der Waals surface area contributed by atoms with Gasteiger partial charge in [0.05, 0.1) is 16.3 Å². The standard InChI is InChI=1S/C19H20Cl2N2O3/c1-3-8-23(19(26)14-9-12(2)4-7-17(14)24)11-18(25)22-16-6-5-13(20)10-15(16)21/h4-7,9-10,24H,3,8,11H2,1-2H3,(H,22,25). The molecule has 0 aliphatic carbocycles. The van der Waals surface area contributed by atoms with Gasteiger partial charge in [0.2, 0.25) is 5.91 Å². The maximum Gasteiger partial charge on any atom is 0.258 e. The number of halogens is 2. The largest absolute Gasteiger partial charge is 0.507 e. The predicted octanol–water partition coefficient (Wildman–Crippen LogP) is 4.50. The highest BCUT2D eigenvalue weighted by Gasteiger charge is 2.21. The van der Waals surface area contributed by atoms with Crippen LogP contribution >= 0.6 is 23.2 Å². The Morgan fingerprint density at radius 2 is 1.88 bits per heavy atom. The van der Waals surface area contributed by atoms with Crippen LogP contribution in [0.1, 0.15) is 29.3 Å². The summed E-state index contributed by atoms with van der Waals surface area (Å²) in [5.74, 6) is -0.892. The van der Waals surface area contributed by atoms with Crippen LogP contribution in [0.5, 0.6) is 5.75 Å². The van der Waals surface area contributed by atoms with Crippen LogP contribution in [0.4, 0.5) is 5.69 Å². The molecule has 0 fully saturated rings. The van der Waals surface area contributed by atoms with Crippen molar-refractivity contribution in [3.8, 4) is 5.75 Å². The van der Waals surface area contributed by atoms with Gasteiger partial charge in [-0.3, -0.25) is 9.59 Å². The summed E-state index contributed by atoms with van der Waals surface area (Å²) in [5, 5.41) is 13.4. The molecular weight excluding hydrogens is 375 g/mol. The number of carbonyl (C=O) groups is 2. The number of aromatic hydroxyl groups is 1. The molecule has 7 heteroatoms. The molecule has 2 amide bonds. The van der Waals surface area contributed by atoms with Gasteiger partial charge in [-0.05, 0) is 43.7 Å². The Bertz CT molecular complexity index is 824. The molecule has 0 spiro atoms. The lowest BCUT2D eigenvalue weighted by Gasteiger charge is -2.22. The average Bonchev–Trinajstić information content (AvgIpc) is 2.58. The fourth-order valence-electron chi connectivity index (χ4n) is 2.47. The maximum absolute atomic E-state index is 12.7. The number of carbonyl (C=O) groups excluding carboxylic acids is 2. The van der Waals surface area contributed by atoms with Crippen molar-refractivity contribution in [2.24, 2.45) is 0 Å². The number of aryl methyl sites for hydroxylation is 1. The Morgan fingerprint density at radius 1 is 1.15 bits per heavy atom. The van der Waals surface area contributed by atoms with E-state index in [2.05, 4.69) is 5.32 Å². The summed E-state index contributed by atoms with van der Waals surface area (Å²) in [4.78, 5) is 26.5. The highest BCUT2D eigenvalue weighted by Crippen LogP contribution is 2.25. The molecule has 5 nitrogen and oxygen atoms in total. The van der Waals surface area contributed by atoms with Crippen LogP contribution in [0.3, 0.4) is 0 Å². The first kappa shape index (κ1) is 20.1. The zero-order chi connectivity index (χ0) is 19.3. The zero-order valence-electron chi connectivity index (χ0n) is 14.6. The number of benzene rings is 2. The maximum atomic E-state index is 12.7.